The third-order valence-corrected chi connectivity index (χ3v) is 2.85. The summed E-state index contributed by atoms with van der Waals surface area (Å²) in [4.78, 5) is 0. The number of hydrogen-bond donors (Lipinski definition) is 1. The van der Waals surface area contributed by atoms with Crippen LogP contribution < -0.4 is 9.47 Å². The molecule has 22 heavy (non-hydrogen) atoms. The number of benzene rings is 1. The van der Waals surface area contributed by atoms with Crippen molar-refractivity contribution in [3.05, 3.63) is 17.2 Å². The second kappa shape index (κ2) is 11.3. The minimum atomic E-state index is -0.110. The lowest BCUT2D eigenvalue weighted by atomic mass is 10.3. The smallest absolute Gasteiger partial charge is 0.189 e. The molecule has 0 atom stereocenters. The van der Waals surface area contributed by atoms with Crippen molar-refractivity contribution in [2.75, 3.05) is 54.2 Å². The van der Waals surface area contributed by atoms with Crippen LogP contribution in [0.3, 0.4) is 0 Å². The molecule has 0 amide bonds. The molecule has 8 heteroatoms. The van der Waals surface area contributed by atoms with Crippen LogP contribution in [-0.2, 0) is 18.9 Å². The van der Waals surface area contributed by atoms with Gasteiger partial charge in [-0.1, -0.05) is 11.6 Å². The number of hydrogen-bond acceptors (Lipinski definition) is 7. The number of methoxy groups -OCH3 is 2. The summed E-state index contributed by atoms with van der Waals surface area (Å²) in [6, 6.07) is 2.94. The molecule has 0 bridgehead atoms. The average Bonchev–Trinajstić information content (AvgIpc) is 2.52. The molecule has 0 aliphatic rings. The Labute approximate surface area is 134 Å². The first-order chi connectivity index (χ1) is 10.7. The van der Waals surface area contributed by atoms with Crippen molar-refractivity contribution < 1.29 is 33.5 Å². The van der Waals surface area contributed by atoms with Crippen molar-refractivity contribution in [3.63, 3.8) is 0 Å². The highest BCUT2D eigenvalue weighted by atomic mass is 35.5. The van der Waals surface area contributed by atoms with Gasteiger partial charge in [-0.2, -0.15) is 0 Å². The molecule has 1 aromatic carbocycles. The van der Waals surface area contributed by atoms with Gasteiger partial charge >= 0.3 is 0 Å². The molecule has 0 saturated heterocycles. The van der Waals surface area contributed by atoms with Crippen LogP contribution in [0.15, 0.2) is 12.1 Å². The lowest BCUT2D eigenvalue weighted by molar-refractivity contribution is -0.0207. The predicted molar refractivity (Wildman–Crippen MR) is 79.8 cm³/mol. The van der Waals surface area contributed by atoms with E-state index in [1.165, 1.54) is 12.1 Å². The number of phenols is 1. The monoisotopic (exact) mass is 336 g/mol. The van der Waals surface area contributed by atoms with Gasteiger partial charge < -0.3 is 33.5 Å². The van der Waals surface area contributed by atoms with Crippen molar-refractivity contribution in [1.29, 1.82) is 0 Å². The van der Waals surface area contributed by atoms with Gasteiger partial charge in [0.2, 0.25) is 0 Å². The van der Waals surface area contributed by atoms with Crippen molar-refractivity contribution in [3.8, 4) is 17.2 Å². The van der Waals surface area contributed by atoms with Crippen LogP contribution in [0.4, 0.5) is 0 Å². The molecule has 0 aliphatic carbocycles. The maximum Gasteiger partial charge on any atom is 0.189 e. The first-order valence-corrected chi connectivity index (χ1v) is 6.99. The minimum absolute atomic E-state index is 0.00531. The maximum absolute atomic E-state index is 9.63. The summed E-state index contributed by atoms with van der Waals surface area (Å²) in [6.07, 6.45) is 0. The molecule has 0 aromatic heterocycles. The van der Waals surface area contributed by atoms with Crippen LogP contribution in [0.1, 0.15) is 0 Å². The van der Waals surface area contributed by atoms with Gasteiger partial charge in [0.1, 0.15) is 10.8 Å². The second-order valence-corrected chi connectivity index (χ2v) is 4.43. The number of aromatic hydroxyl groups is 1. The van der Waals surface area contributed by atoms with Gasteiger partial charge in [0, 0.05) is 14.2 Å². The van der Waals surface area contributed by atoms with E-state index in [1.807, 2.05) is 0 Å². The molecule has 0 spiro atoms. The summed E-state index contributed by atoms with van der Waals surface area (Å²) >= 11 is 6.00. The molecular formula is C14H21ClO7. The van der Waals surface area contributed by atoms with Gasteiger partial charge in [-0.15, -0.1) is 0 Å². The van der Waals surface area contributed by atoms with E-state index in [0.29, 0.717) is 32.2 Å². The summed E-state index contributed by atoms with van der Waals surface area (Å²) in [5.41, 5.74) is 0. The standard InChI is InChI=1S/C14H21ClO7/c1-17-5-7-19-9-21-12-4-3-11(16)13(15)14(12)22-10-20-8-6-18-2/h3-4,16H,5-10H2,1-2H3. The summed E-state index contributed by atoms with van der Waals surface area (Å²) in [6.45, 7) is 1.66. The van der Waals surface area contributed by atoms with Gasteiger partial charge in [0.15, 0.2) is 25.1 Å². The van der Waals surface area contributed by atoms with Gasteiger partial charge in [-0.3, -0.25) is 0 Å². The van der Waals surface area contributed by atoms with Crippen LogP contribution >= 0.6 is 11.6 Å². The first kappa shape index (κ1) is 18.8. The topological polar surface area (TPSA) is 75.6 Å². The minimum Gasteiger partial charge on any atom is -0.506 e. The largest absolute Gasteiger partial charge is 0.506 e. The Bertz CT molecular complexity index is 428. The molecule has 0 aliphatic heterocycles. The van der Waals surface area contributed by atoms with E-state index < -0.39 is 0 Å². The molecular weight excluding hydrogens is 316 g/mol. The molecule has 0 heterocycles. The lowest BCUT2D eigenvalue weighted by Crippen LogP contribution is -2.11. The fourth-order valence-electron chi connectivity index (χ4n) is 1.38. The zero-order valence-electron chi connectivity index (χ0n) is 12.7. The summed E-state index contributed by atoms with van der Waals surface area (Å²) in [5, 5.41) is 9.68. The van der Waals surface area contributed by atoms with Gasteiger partial charge in [-0.05, 0) is 12.1 Å². The molecule has 1 rings (SSSR count). The second-order valence-electron chi connectivity index (χ2n) is 4.05. The SMILES string of the molecule is COCCOCOc1ccc(O)c(Cl)c1OCOCCOC. The number of halogens is 1. The van der Waals surface area contributed by atoms with Gasteiger partial charge in [-0.25, -0.2) is 0 Å². The van der Waals surface area contributed by atoms with E-state index in [4.69, 9.17) is 40.0 Å². The lowest BCUT2D eigenvalue weighted by Gasteiger charge is -2.15. The fourth-order valence-corrected chi connectivity index (χ4v) is 1.59. The van der Waals surface area contributed by atoms with Crippen molar-refractivity contribution >= 4 is 11.6 Å². The van der Waals surface area contributed by atoms with Gasteiger partial charge in [0.25, 0.3) is 0 Å². The molecule has 0 fully saturated rings. The highest BCUT2D eigenvalue weighted by Crippen LogP contribution is 2.41. The quantitative estimate of drug-likeness (QED) is 0.462. The Kier molecular flexibility index (Phi) is 9.69. The molecule has 1 aromatic rings. The number of phenolic OH excluding ortho intramolecular Hbond substituents is 1. The zero-order chi connectivity index (χ0) is 16.2. The highest BCUT2D eigenvalue weighted by Gasteiger charge is 2.14. The van der Waals surface area contributed by atoms with E-state index in [2.05, 4.69) is 0 Å². The Balaban J connectivity index is 2.53. The summed E-state index contributed by atoms with van der Waals surface area (Å²) < 4.78 is 30.9. The molecule has 0 saturated carbocycles. The third kappa shape index (κ3) is 6.67. The Hall–Kier alpha value is -1.25. The van der Waals surface area contributed by atoms with E-state index in [-0.39, 0.29) is 30.1 Å². The fraction of sp³-hybridized carbons (Fsp3) is 0.571. The normalized spacial score (nSPS) is 10.7. The number of ether oxygens (including phenoxy) is 6. The highest BCUT2D eigenvalue weighted by molar-refractivity contribution is 6.33. The van der Waals surface area contributed by atoms with Crippen molar-refractivity contribution in [2.24, 2.45) is 0 Å². The Morgan fingerprint density at radius 1 is 0.909 bits per heavy atom. The van der Waals surface area contributed by atoms with E-state index in [0.717, 1.165) is 0 Å². The van der Waals surface area contributed by atoms with E-state index in [9.17, 15) is 5.11 Å². The van der Waals surface area contributed by atoms with Crippen LogP contribution in [0.2, 0.25) is 5.02 Å². The third-order valence-electron chi connectivity index (χ3n) is 2.49. The number of rotatable bonds is 12. The molecule has 126 valence electrons. The van der Waals surface area contributed by atoms with E-state index >= 15 is 0 Å². The summed E-state index contributed by atoms with van der Waals surface area (Å²) in [5.74, 6) is 0.422. The zero-order valence-corrected chi connectivity index (χ0v) is 13.4. The van der Waals surface area contributed by atoms with Crippen LogP contribution in [0.25, 0.3) is 0 Å². The van der Waals surface area contributed by atoms with E-state index in [1.54, 1.807) is 14.2 Å². The van der Waals surface area contributed by atoms with Crippen LogP contribution in [0, 0.1) is 0 Å². The average molecular weight is 337 g/mol. The first-order valence-electron chi connectivity index (χ1n) is 6.61. The van der Waals surface area contributed by atoms with Crippen molar-refractivity contribution in [2.45, 2.75) is 0 Å². The van der Waals surface area contributed by atoms with Gasteiger partial charge in [0.05, 0.1) is 26.4 Å². The van der Waals surface area contributed by atoms with Crippen LogP contribution in [-0.4, -0.2) is 59.3 Å². The Morgan fingerprint density at radius 2 is 1.50 bits per heavy atom. The maximum atomic E-state index is 9.63. The van der Waals surface area contributed by atoms with Crippen LogP contribution in [0.5, 0.6) is 17.2 Å². The Morgan fingerprint density at radius 3 is 2.09 bits per heavy atom. The predicted octanol–water partition coefficient (Wildman–Crippen LogP) is 2.04. The molecule has 0 radical (unpaired) electrons. The molecule has 0 unspecified atom stereocenters. The molecule has 1 N–H and O–H groups in total. The summed E-state index contributed by atoms with van der Waals surface area (Å²) in [7, 11) is 3.16. The molecule has 7 nitrogen and oxygen atoms in total. The van der Waals surface area contributed by atoms with Crippen molar-refractivity contribution in [1.82, 2.24) is 0 Å².